The van der Waals surface area contributed by atoms with Gasteiger partial charge in [-0.15, -0.1) is 0 Å². The number of pyridine rings is 1. The van der Waals surface area contributed by atoms with Crippen LogP contribution in [0.2, 0.25) is 0 Å². The summed E-state index contributed by atoms with van der Waals surface area (Å²) < 4.78 is 31.4. The van der Waals surface area contributed by atoms with E-state index in [4.69, 9.17) is 9.72 Å². The molecule has 1 aromatic carbocycles. The third-order valence-corrected chi connectivity index (χ3v) is 8.34. The fourth-order valence-corrected chi connectivity index (χ4v) is 6.20. The minimum absolute atomic E-state index is 0.0109. The molecular formula is C25H28N4O5S. The van der Waals surface area contributed by atoms with Crippen molar-refractivity contribution in [2.24, 2.45) is 0 Å². The number of amides is 1. The molecule has 2 unspecified atom stereocenters. The number of nitrogens with zero attached hydrogens (tertiary/aromatic N) is 3. The molecule has 2 aliphatic rings. The zero-order valence-electron chi connectivity index (χ0n) is 19.7. The summed E-state index contributed by atoms with van der Waals surface area (Å²) in [5, 5.41) is 7.91. The molecule has 2 fully saturated rings. The Labute approximate surface area is 203 Å². The second kappa shape index (κ2) is 9.07. The summed E-state index contributed by atoms with van der Waals surface area (Å²) in [7, 11) is -3.12. The van der Waals surface area contributed by atoms with E-state index < -0.39 is 27.8 Å². The van der Waals surface area contributed by atoms with Gasteiger partial charge in [0.05, 0.1) is 34.2 Å². The lowest BCUT2D eigenvalue weighted by molar-refractivity contribution is -0.129. The van der Waals surface area contributed by atoms with Crippen molar-refractivity contribution < 1.29 is 22.7 Å². The Bertz CT molecular complexity index is 1400. The van der Waals surface area contributed by atoms with E-state index in [0.717, 1.165) is 24.1 Å². The van der Waals surface area contributed by atoms with Crippen molar-refractivity contribution in [3.8, 4) is 0 Å². The number of fused-ring (bicyclic) bond motifs is 1. The van der Waals surface area contributed by atoms with Gasteiger partial charge in [-0.2, -0.15) is 5.10 Å². The highest BCUT2D eigenvalue weighted by Gasteiger charge is 2.34. The lowest BCUT2D eigenvalue weighted by atomic mass is 10.1. The zero-order valence-corrected chi connectivity index (χ0v) is 20.5. The lowest BCUT2D eigenvalue weighted by Crippen LogP contribution is -2.35. The van der Waals surface area contributed by atoms with Crippen LogP contribution in [0, 0.1) is 6.92 Å². The number of nitrogens with one attached hydrogen (secondary N) is 1. The van der Waals surface area contributed by atoms with Gasteiger partial charge in [0.15, 0.2) is 21.6 Å². The summed E-state index contributed by atoms with van der Waals surface area (Å²) in [5.41, 5.74) is 3.10. The lowest BCUT2D eigenvalue weighted by Gasteiger charge is -2.15. The summed E-state index contributed by atoms with van der Waals surface area (Å²) in [4.78, 5) is 30.6. The maximum Gasteiger partial charge on any atom is 0.339 e. The minimum Gasteiger partial charge on any atom is -0.449 e. The van der Waals surface area contributed by atoms with Gasteiger partial charge in [-0.25, -0.2) is 22.9 Å². The molecule has 9 nitrogen and oxygen atoms in total. The molecule has 1 aliphatic carbocycles. The number of ether oxygens (including phenoxy) is 1. The van der Waals surface area contributed by atoms with Gasteiger partial charge in [0.2, 0.25) is 0 Å². The molecule has 2 aromatic heterocycles. The highest BCUT2D eigenvalue weighted by molar-refractivity contribution is 7.91. The van der Waals surface area contributed by atoms with Gasteiger partial charge in [-0.1, -0.05) is 30.3 Å². The van der Waals surface area contributed by atoms with E-state index in [-0.39, 0.29) is 23.5 Å². The Morgan fingerprint density at radius 3 is 2.60 bits per heavy atom. The van der Waals surface area contributed by atoms with E-state index in [1.54, 1.807) is 17.7 Å². The maximum absolute atomic E-state index is 13.3. The van der Waals surface area contributed by atoms with Crippen LogP contribution in [0.4, 0.5) is 0 Å². The molecule has 2 atom stereocenters. The molecule has 1 amide bonds. The molecule has 0 bridgehead atoms. The fourth-order valence-electron chi connectivity index (χ4n) is 4.51. The van der Waals surface area contributed by atoms with Crippen LogP contribution in [-0.4, -0.2) is 52.7 Å². The van der Waals surface area contributed by atoms with Crippen LogP contribution in [0.1, 0.15) is 65.5 Å². The molecule has 1 N–H and O–H groups in total. The SMILES string of the molecule is Cc1nn(C2CCS(=O)(=O)C2)c2nc(C3CC3)cc(C(=O)OC(C)C(=O)NCc3ccccc3)c12. The van der Waals surface area contributed by atoms with Crippen LogP contribution in [0.25, 0.3) is 11.0 Å². The number of carbonyl (C=O) groups excluding carboxylic acids is 2. The summed E-state index contributed by atoms with van der Waals surface area (Å²) in [6.45, 7) is 3.65. The molecule has 35 heavy (non-hydrogen) atoms. The predicted octanol–water partition coefficient (Wildman–Crippen LogP) is 2.84. The number of esters is 1. The van der Waals surface area contributed by atoms with Crippen molar-refractivity contribution in [1.82, 2.24) is 20.1 Å². The van der Waals surface area contributed by atoms with Gasteiger partial charge >= 0.3 is 5.97 Å². The van der Waals surface area contributed by atoms with Crippen molar-refractivity contribution >= 4 is 32.7 Å². The van der Waals surface area contributed by atoms with Gasteiger partial charge < -0.3 is 10.1 Å². The number of rotatable bonds is 7. The Kier molecular flexibility index (Phi) is 6.08. The van der Waals surface area contributed by atoms with E-state index in [1.165, 1.54) is 6.92 Å². The van der Waals surface area contributed by atoms with E-state index in [2.05, 4.69) is 10.4 Å². The molecule has 1 aliphatic heterocycles. The molecule has 3 aromatic rings. The standard InChI is InChI=1S/C25H28N4O5S/c1-15-22-20(25(31)34-16(2)24(30)26-13-17-6-4-3-5-7-17)12-21(18-8-9-18)27-23(22)29(28-15)19-10-11-35(32,33)14-19/h3-7,12,16,18-19H,8-11,13-14H2,1-2H3,(H,26,30). The van der Waals surface area contributed by atoms with Crippen molar-refractivity contribution in [2.45, 2.75) is 57.7 Å². The third kappa shape index (κ3) is 4.93. The van der Waals surface area contributed by atoms with E-state index in [0.29, 0.717) is 35.3 Å². The summed E-state index contributed by atoms with van der Waals surface area (Å²) in [6.07, 6.45) is 1.44. The zero-order chi connectivity index (χ0) is 24.7. The molecule has 10 heteroatoms. The van der Waals surface area contributed by atoms with Crippen molar-refractivity contribution in [3.05, 3.63) is 58.9 Å². The Hall–Kier alpha value is -3.27. The van der Waals surface area contributed by atoms with Gasteiger partial charge in [0.25, 0.3) is 5.91 Å². The van der Waals surface area contributed by atoms with Crippen LogP contribution in [0.15, 0.2) is 36.4 Å². The van der Waals surface area contributed by atoms with E-state index in [1.807, 2.05) is 30.3 Å². The quantitative estimate of drug-likeness (QED) is 0.499. The van der Waals surface area contributed by atoms with Crippen LogP contribution in [-0.2, 0) is 25.9 Å². The summed E-state index contributed by atoms with van der Waals surface area (Å²) >= 11 is 0. The number of hydrogen-bond donors (Lipinski definition) is 1. The first kappa shape index (κ1) is 23.5. The third-order valence-electron chi connectivity index (χ3n) is 6.59. The number of carbonyl (C=O) groups is 2. The van der Waals surface area contributed by atoms with Crippen molar-refractivity contribution in [3.63, 3.8) is 0 Å². The molecule has 1 saturated carbocycles. The Morgan fingerprint density at radius 1 is 1.20 bits per heavy atom. The molecule has 3 heterocycles. The average molecular weight is 497 g/mol. The minimum atomic E-state index is -3.12. The molecule has 1 saturated heterocycles. The first-order valence-corrected chi connectivity index (χ1v) is 13.7. The second-order valence-electron chi connectivity index (χ2n) is 9.41. The fraction of sp³-hybridized carbons (Fsp3) is 0.440. The average Bonchev–Trinajstić information content (AvgIpc) is 3.55. The van der Waals surface area contributed by atoms with Gasteiger partial charge in [0, 0.05) is 18.2 Å². The number of aromatic nitrogens is 3. The van der Waals surface area contributed by atoms with Crippen LogP contribution < -0.4 is 5.32 Å². The number of aryl methyl sites for hydroxylation is 1. The number of benzene rings is 1. The van der Waals surface area contributed by atoms with Gasteiger partial charge in [-0.05, 0) is 44.7 Å². The molecule has 5 rings (SSSR count). The molecule has 0 spiro atoms. The highest BCUT2D eigenvalue weighted by atomic mass is 32.2. The summed E-state index contributed by atoms with van der Waals surface area (Å²) in [5.74, 6) is -0.627. The first-order chi connectivity index (χ1) is 16.7. The largest absolute Gasteiger partial charge is 0.449 e. The van der Waals surface area contributed by atoms with Crippen molar-refractivity contribution in [2.75, 3.05) is 11.5 Å². The molecule has 0 radical (unpaired) electrons. The first-order valence-electron chi connectivity index (χ1n) is 11.8. The van der Waals surface area contributed by atoms with Crippen LogP contribution in [0.5, 0.6) is 0 Å². The number of sulfone groups is 1. The smallest absolute Gasteiger partial charge is 0.339 e. The van der Waals surface area contributed by atoms with E-state index in [9.17, 15) is 18.0 Å². The maximum atomic E-state index is 13.3. The van der Waals surface area contributed by atoms with E-state index >= 15 is 0 Å². The molecule has 184 valence electrons. The number of hydrogen-bond acceptors (Lipinski definition) is 7. The van der Waals surface area contributed by atoms with Crippen LogP contribution >= 0.6 is 0 Å². The Morgan fingerprint density at radius 2 is 1.94 bits per heavy atom. The summed E-state index contributed by atoms with van der Waals surface area (Å²) in [6, 6.07) is 10.9. The topological polar surface area (TPSA) is 120 Å². The van der Waals surface area contributed by atoms with Gasteiger partial charge in [-0.3, -0.25) is 4.79 Å². The Balaban J connectivity index is 1.41. The molecular weight excluding hydrogens is 468 g/mol. The van der Waals surface area contributed by atoms with Crippen molar-refractivity contribution in [1.29, 1.82) is 0 Å². The second-order valence-corrected chi connectivity index (χ2v) is 11.6. The van der Waals surface area contributed by atoms with Gasteiger partial charge in [0.1, 0.15) is 0 Å². The highest BCUT2D eigenvalue weighted by Crippen LogP contribution is 2.41. The normalized spacial score (nSPS) is 20.0. The monoisotopic (exact) mass is 496 g/mol. The van der Waals surface area contributed by atoms with Crippen LogP contribution in [0.3, 0.4) is 0 Å². The predicted molar refractivity (Wildman–Crippen MR) is 130 cm³/mol.